The van der Waals surface area contributed by atoms with E-state index in [1.165, 1.54) is 12.8 Å². The Hall–Kier alpha value is -1.93. The summed E-state index contributed by atoms with van der Waals surface area (Å²) in [5.41, 5.74) is 0.967. The Morgan fingerprint density at radius 3 is 2.61 bits per heavy atom. The average molecular weight is 454 g/mol. The molecule has 0 aromatic heterocycles. The molecule has 1 amide bonds. The van der Waals surface area contributed by atoms with Crippen LogP contribution >= 0.6 is 0 Å². The van der Waals surface area contributed by atoms with Crippen LogP contribution in [0.5, 0.6) is 0 Å². The monoisotopic (exact) mass is 453 g/mol. The molecule has 0 spiro atoms. The Morgan fingerprint density at radius 1 is 1.26 bits per heavy atom. The second-order valence-corrected chi connectivity index (χ2v) is 10.9. The molecular weight excluding hydrogens is 414 g/mol. The first-order valence-corrected chi connectivity index (χ1v) is 12.9. The highest BCUT2D eigenvalue weighted by Crippen LogP contribution is 2.15. The summed E-state index contributed by atoms with van der Waals surface area (Å²) in [5.74, 6) is 0.572. The molecule has 1 aromatic carbocycles. The fourth-order valence-corrected chi connectivity index (χ4v) is 4.03. The minimum atomic E-state index is -1.88. The van der Waals surface area contributed by atoms with E-state index in [-0.39, 0.29) is 26.0 Å². The first-order valence-electron chi connectivity index (χ1n) is 10.6. The summed E-state index contributed by atoms with van der Waals surface area (Å²) in [5, 5.41) is 3.32. The van der Waals surface area contributed by atoms with Crippen molar-refractivity contribution in [3.05, 3.63) is 35.9 Å². The van der Waals surface area contributed by atoms with Crippen molar-refractivity contribution in [2.45, 2.75) is 39.7 Å². The summed E-state index contributed by atoms with van der Waals surface area (Å²) in [6, 6.07) is 9.57. The molecule has 1 aromatic rings. The zero-order valence-corrected chi connectivity index (χ0v) is 18.9. The molecule has 2 saturated heterocycles. The van der Waals surface area contributed by atoms with E-state index in [0.717, 1.165) is 44.3 Å². The Kier molecular flexibility index (Phi) is 12.4. The Balaban J connectivity index is 0.000000324. The molecule has 3 rings (SSSR count). The maximum atomic E-state index is 11.8. The lowest BCUT2D eigenvalue weighted by molar-refractivity contribution is -0.112. The largest absolute Gasteiger partial charge is 0.445 e. The minimum absolute atomic E-state index is 0. The van der Waals surface area contributed by atoms with Crippen molar-refractivity contribution < 1.29 is 18.5 Å². The van der Waals surface area contributed by atoms with Crippen LogP contribution in [0.2, 0.25) is 0 Å². The summed E-state index contributed by atoms with van der Waals surface area (Å²) in [6.45, 7) is 4.37. The van der Waals surface area contributed by atoms with Crippen molar-refractivity contribution in [2.75, 3.05) is 45.2 Å². The fraction of sp³-hybridized carbons (Fsp3) is 0.652. The van der Waals surface area contributed by atoms with Crippen LogP contribution < -0.4 is 5.32 Å². The lowest BCUT2D eigenvalue weighted by Gasteiger charge is -2.29. The van der Waals surface area contributed by atoms with Gasteiger partial charge in [-0.05, 0) is 50.3 Å². The Bertz CT molecular complexity index is 764. The SMILES string of the molecule is C.CS(C)(=O)=NCC1CCCNC1.O=CC1CCCN(C(=O)OCc2ccccc2)C1. The van der Waals surface area contributed by atoms with Crippen LogP contribution in [0, 0.1) is 11.8 Å². The first-order chi connectivity index (χ1) is 14.4. The highest BCUT2D eigenvalue weighted by molar-refractivity contribution is 7.92. The van der Waals surface area contributed by atoms with E-state index >= 15 is 0 Å². The maximum absolute atomic E-state index is 11.8. The number of carbonyl (C=O) groups is 2. The van der Waals surface area contributed by atoms with E-state index in [4.69, 9.17) is 4.74 Å². The molecule has 7 nitrogen and oxygen atoms in total. The Morgan fingerprint density at radius 2 is 2.00 bits per heavy atom. The number of amides is 1. The molecule has 2 aliphatic rings. The molecule has 0 bridgehead atoms. The second kappa shape index (κ2) is 14.2. The van der Waals surface area contributed by atoms with Gasteiger partial charge in [0.15, 0.2) is 0 Å². The van der Waals surface area contributed by atoms with Crippen LogP contribution in [0.15, 0.2) is 34.7 Å². The lowest BCUT2D eigenvalue weighted by atomic mass is 10.0. The summed E-state index contributed by atoms with van der Waals surface area (Å²) in [4.78, 5) is 24.2. The molecule has 2 heterocycles. The second-order valence-electron chi connectivity index (χ2n) is 8.23. The quantitative estimate of drug-likeness (QED) is 0.689. The van der Waals surface area contributed by atoms with Gasteiger partial charge in [0, 0.05) is 41.2 Å². The number of hydrogen-bond donors (Lipinski definition) is 1. The van der Waals surface area contributed by atoms with Gasteiger partial charge in [0.2, 0.25) is 0 Å². The molecular formula is C23H39N3O4S. The van der Waals surface area contributed by atoms with Gasteiger partial charge in [-0.2, -0.15) is 0 Å². The van der Waals surface area contributed by atoms with E-state index in [0.29, 0.717) is 19.0 Å². The zero-order valence-electron chi connectivity index (χ0n) is 18.1. The molecule has 2 fully saturated rings. The van der Waals surface area contributed by atoms with Crippen molar-refractivity contribution in [3.63, 3.8) is 0 Å². The summed E-state index contributed by atoms with van der Waals surface area (Å²) in [7, 11) is -1.88. The summed E-state index contributed by atoms with van der Waals surface area (Å²) in [6.07, 6.45) is 8.19. The molecule has 2 atom stereocenters. The lowest BCUT2D eigenvalue weighted by Crippen LogP contribution is -2.40. The van der Waals surface area contributed by atoms with Gasteiger partial charge in [-0.1, -0.05) is 37.8 Å². The number of aldehydes is 1. The van der Waals surface area contributed by atoms with Gasteiger partial charge in [0.25, 0.3) is 0 Å². The number of rotatable bonds is 5. The number of nitrogens with zero attached hydrogens (tertiary/aromatic N) is 2. The maximum Gasteiger partial charge on any atom is 0.410 e. The zero-order chi connectivity index (χ0) is 21.8. The predicted molar refractivity (Wildman–Crippen MR) is 127 cm³/mol. The van der Waals surface area contributed by atoms with E-state index in [9.17, 15) is 13.8 Å². The van der Waals surface area contributed by atoms with E-state index in [1.54, 1.807) is 17.4 Å². The van der Waals surface area contributed by atoms with Crippen LogP contribution in [-0.2, 0) is 25.9 Å². The van der Waals surface area contributed by atoms with E-state index in [1.807, 2.05) is 30.3 Å². The van der Waals surface area contributed by atoms with E-state index in [2.05, 4.69) is 9.68 Å². The molecule has 0 aliphatic carbocycles. The van der Waals surface area contributed by atoms with Crippen molar-refractivity contribution in [1.82, 2.24) is 10.2 Å². The fourth-order valence-electron chi connectivity index (χ4n) is 3.46. The standard InChI is InChI=1S/C14H17NO3.C8H18N2OS.CH4/c16-10-13-7-4-8-15(9-13)14(17)18-11-12-5-2-1-3-6-12;1-12(2,11)10-7-8-4-3-5-9-6-8;/h1-3,5-6,10,13H,4,7-9,11H2;8-9H,3-7H2,1-2H3;1H4. The van der Waals surface area contributed by atoms with Gasteiger partial charge < -0.3 is 19.7 Å². The van der Waals surface area contributed by atoms with Gasteiger partial charge >= 0.3 is 6.09 Å². The normalized spacial score (nSPS) is 21.0. The minimum Gasteiger partial charge on any atom is -0.445 e. The van der Waals surface area contributed by atoms with Gasteiger partial charge in [-0.25, -0.2) is 9.16 Å². The third kappa shape index (κ3) is 11.3. The van der Waals surface area contributed by atoms with Crippen LogP contribution in [0.3, 0.4) is 0 Å². The third-order valence-electron chi connectivity index (χ3n) is 5.16. The summed E-state index contributed by atoms with van der Waals surface area (Å²) < 4.78 is 20.6. The van der Waals surface area contributed by atoms with Gasteiger partial charge in [0.05, 0.1) is 6.54 Å². The topological polar surface area (TPSA) is 88.1 Å². The molecule has 1 N–H and O–H groups in total. The van der Waals surface area contributed by atoms with Crippen molar-refractivity contribution in [2.24, 2.45) is 16.2 Å². The highest BCUT2D eigenvalue weighted by atomic mass is 32.2. The number of carbonyl (C=O) groups excluding carboxylic acids is 2. The van der Waals surface area contributed by atoms with Gasteiger partial charge in [-0.3, -0.25) is 4.21 Å². The average Bonchev–Trinajstić information content (AvgIpc) is 2.77. The first kappa shape index (κ1) is 27.1. The number of ether oxygens (including phenoxy) is 1. The van der Waals surface area contributed by atoms with Crippen molar-refractivity contribution >= 4 is 22.1 Å². The molecule has 2 unspecified atom stereocenters. The van der Waals surface area contributed by atoms with Gasteiger partial charge in [-0.15, -0.1) is 0 Å². The summed E-state index contributed by atoms with van der Waals surface area (Å²) >= 11 is 0. The Labute approximate surface area is 188 Å². The van der Waals surface area contributed by atoms with E-state index < -0.39 is 9.73 Å². The predicted octanol–water partition coefficient (Wildman–Crippen LogP) is 3.58. The third-order valence-corrected chi connectivity index (χ3v) is 5.93. The number of nitrogens with one attached hydrogen (secondary N) is 1. The van der Waals surface area contributed by atoms with Gasteiger partial charge in [0.1, 0.15) is 12.9 Å². The number of likely N-dealkylation sites (tertiary alicyclic amines) is 1. The molecule has 0 radical (unpaired) electrons. The van der Waals surface area contributed by atoms with Crippen LogP contribution in [-0.4, -0.2) is 66.7 Å². The van der Waals surface area contributed by atoms with Crippen LogP contribution in [0.25, 0.3) is 0 Å². The number of hydrogen-bond acceptors (Lipinski definition) is 6. The molecule has 2 aliphatic heterocycles. The highest BCUT2D eigenvalue weighted by Gasteiger charge is 2.24. The molecule has 176 valence electrons. The van der Waals surface area contributed by atoms with Crippen LogP contribution in [0.1, 0.15) is 38.7 Å². The molecule has 0 saturated carbocycles. The molecule has 8 heteroatoms. The van der Waals surface area contributed by atoms with Crippen molar-refractivity contribution in [1.29, 1.82) is 0 Å². The van der Waals surface area contributed by atoms with Crippen LogP contribution in [0.4, 0.5) is 4.79 Å². The number of piperidine rings is 2. The smallest absolute Gasteiger partial charge is 0.410 e. The van der Waals surface area contributed by atoms with Crippen molar-refractivity contribution in [3.8, 4) is 0 Å². The number of benzene rings is 1. The molecule has 31 heavy (non-hydrogen) atoms.